The molecule has 0 unspecified atom stereocenters. The number of rotatable bonds is 2. The molecule has 2 aromatic rings. The number of halogens is 3. The standard InChI is InChI=1S/C9H7ClFN3O.ClH/c10-5-2-1-3-6(11)8(5)9-13-7(4-12)15-14-9;/h1-3H,4,12H2;1H. The number of aromatic nitrogens is 2. The number of benzene rings is 1. The second-order valence-corrected chi connectivity index (χ2v) is 3.22. The van der Waals surface area contributed by atoms with Gasteiger partial charge in [-0.05, 0) is 12.1 Å². The fourth-order valence-electron chi connectivity index (χ4n) is 1.15. The Morgan fingerprint density at radius 1 is 1.44 bits per heavy atom. The van der Waals surface area contributed by atoms with Crippen molar-refractivity contribution in [1.29, 1.82) is 0 Å². The molecule has 2 rings (SSSR count). The Balaban J connectivity index is 0.00000128. The van der Waals surface area contributed by atoms with Crippen LogP contribution in [0, 0.1) is 5.82 Å². The number of hydrogen-bond donors (Lipinski definition) is 1. The van der Waals surface area contributed by atoms with Gasteiger partial charge in [0.2, 0.25) is 11.7 Å². The summed E-state index contributed by atoms with van der Waals surface area (Å²) in [5, 5.41) is 3.82. The van der Waals surface area contributed by atoms with Crippen LogP contribution >= 0.6 is 24.0 Å². The Bertz CT molecular complexity index is 469. The van der Waals surface area contributed by atoms with Gasteiger partial charge in [-0.25, -0.2) is 4.39 Å². The summed E-state index contributed by atoms with van der Waals surface area (Å²) < 4.78 is 18.2. The van der Waals surface area contributed by atoms with Crippen molar-refractivity contribution in [2.45, 2.75) is 6.54 Å². The molecule has 0 amide bonds. The Morgan fingerprint density at radius 3 is 2.75 bits per heavy atom. The third kappa shape index (κ3) is 2.32. The molecule has 0 aliphatic carbocycles. The first-order chi connectivity index (χ1) is 7.22. The SMILES string of the molecule is Cl.NCc1nc(-c2c(F)cccc2Cl)no1. The molecule has 0 spiro atoms. The molecule has 0 fully saturated rings. The van der Waals surface area contributed by atoms with Gasteiger partial charge in [-0.1, -0.05) is 22.8 Å². The zero-order valence-corrected chi connectivity index (χ0v) is 9.56. The topological polar surface area (TPSA) is 64.9 Å². The molecule has 0 radical (unpaired) electrons. The minimum Gasteiger partial charge on any atom is -0.338 e. The second kappa shape index (κ2) is 5.25. The zero-order valence-electron chi connectivity index (χ0n) is 7.98. The zero-order chi connectivity index (χ0) is 10.8. The van der Waals surface area contributed by atoms with Crippen LogP contribution in [0.5, 0.6) is 0 Å². The lowest BCUT2D eigenvalue weighted by molar-refractivity contribution is 0.380. The van der Waals surface area contributed by atoms with E-state index in [4.69, 9.17) is 21.9 Å². The molecule has 1 aromatic heterocycles. The van der Waals surface area contributed by atoms with Crippen LogP contribution in [0.4, 0.5) is 4.39 Å². The van der Waals surface area contributed by atoms with Gasteiger partial charge in [-0.2, -0.15) is 4.98 Å². The molecule has 16 heavy (non-hydrogen) atoms. The maximum Gasteiger partial charge on any atom is 0.240 e. The average molecular weight is 264 g/mol. The highest BCUT2D eigenvalue weighted by molar-refractivity contribution is 6.33. The summed E-state index contributed by atoms with van der Waals surface area (Å²) in [6.45, 7) is 0.110. The van der Waals surface area contributed by atoms with Gasteiger partial charge in [0.25, 0.3) is 0 Å². The maximum absolute atomic E-state index is 13.4. The molecule has 7 heteroatoms. The van der Waals surface area contributed by atoms with E-state index in [1.54, 1.807) is 6.07 Å². The lowest BCUT2D eigenvalue weighted by Crippen LogP contribution is -1.96. The highest BCUT2D eigenvalue weighted by atomic mass is 35.5. The highest BCUT2D eigenvalue weighted by Gasteiger charge is 2.15. The predicted molar refractivity (Wildman–Crippen MR) is 59.8 cm³/mol. The summed E-state index contributed by atoms with van der Waals surface area (Å²) in [6, 6.07) is 4.34. The van der Waals surface area contributed by atoms with Crippen LogP contribution in [-0.4, -0.2) is 10.1 Å². The van der Waals surface area contributed by atoms with Crippen molar-refractivity contribution < 1.29 is 8.91 Å². The van der Waals surface area contributed by atoms with Gasteiger partial charge in [-0.3, -0.25) is 0 Å². The Labute approximate surface area is 102 Å². The van der Waals surface area contributed by atoms with E-state index in [0.717, 1.165) is 0 Å². The molecule has 0 aliphatic heterocycles. The van der Waals surface area contributed by atoms with Crippen molar-refractivity contribution in [3.8, 4) is 11.4 Å². The predicted octanol–water partition coefficient (Wildman–Crippen LogP) is 2.41. The molecule has 0 saturated carbocycles. The highest BCUT2D eigenvalue weighted by Crippen LogP contribution is 2.27. The number of hydrogen-bond acceptors (Lipinski definition) is 4. The van der Waals surface area contributed by atoms with E-state index in [9.17, 15) is 4.39 Å². The van der Waals surface area contributed by atoms with E-state index in [1.807, 2.05) is 0 Å². The first kappa shape index (κ1) is 12.9. The van der Waals surface area contributed by atoms with Gasteiger partial charge in [-0.15, -0.1) is 12.4 Å². The number of nitrogens with two attached hydrogens (primary N) is 1. The largest absolute Gasteiger partial charge is 0.338 e. The van der Waals surface area contributed by atoms with Crippen molar-refractivity contribution in [3.63, 3.8) is 0 Å². The van der Waals surface area contributed by atoms with Gasteiger partial charge in [0.1, 0.15) is 5.82 Å². The van der Waals surface area contributed by atoms with Crippen LogP contribution in [0.3, 0.4) is 0 Å². The molecule has 0 aliphatic rings. The molecule has 0 saturated heterocycles. The minimum absolute atomic E-state index is 0. The summed E-state index contributed by atoms with van der Waals surface area (Å²) in [6.07, 6.45) is 0. The van der Waals surface area contributed by atoms with Gasteiger partial charge < -0.3 is 10.3 Å². The van der Waals surface area contributed by atoms with Gasteiger partial charge in [0, 0.05) is 0 Å². The Morgan fingerprint density at radius 2 is 2.19 bits per heavy atom. The van der Waals surface area contributed by atoms with E-state index in [1.165, 1.54) is 12.1 Å². The third-order valence-electron chi connectivity index (χ3n) is 1.83. The van der Waals surface area contributed by atoms with E-state index < -0.39 is 5.82 Å². The summed E-state index contributed by atoms with van der Waals surface area (Å²) in [7, 11) is 0. The van der Waals surface area contributed by atoms with Crippen molar-refractivity contribution in [1.82, 2.24) is 10.1 Å². The third-order valence-corrected chi connectivity index (χ3v) is 2.14. The first-order valence-electron chi connectivity index (χ1n) is 4.19. The Hall–Kier alpha value is -1.17. The van der Waals surface area contributed by atoms with Crippen LogP contribution in [0.15, 0.2) is 22.7 Å². The van der Waals surface area contributed by atoms with Gasteiger partial charge >= 0.3 is 0 Å². The lowest BCUT2D eigenvalue weighted by Gasteiger charge is -1.98. The normalized spacial score (nSPS) is 9.94. The summed E-state index contributed by atoms with van der Waals surface area (Å²) in [5.41, 5.74) is 5.42. The summed E-state index contributed by atoms with van der Waals surface area (Å²) >= 11 is 5.82. The smallest absolute Gasteiger partial charge is 0.240 e. The molecule has 1 heterocycles. The van der Waals surface area contributed by atoms with E-state index in [2.05, 4.69) is 10.1 Å². The second-order valence-electron chi connectivity index (χ2n) is 2.81. The van der Waals surface area contributed by atoms with Crippen molar-refractivity contribution in [2.75, 3.05) is 0 Å². The van der Waals surface area contributed by atoms with Crippen LogP contribution in [0.25, 0.3) is 11.4 Å². The fraction of sp³-hybridized carbons (Fsp3) is 0.111. The molecule has 1 aromatic carbocycles. The monoisotopic (exact) mass is 263 g/mol. The minimum atomic E-state index is -0.494. The summed E-state index contributed by atoms with van der Waals surface area (Å²) in [5.74, 6) is -0.144. The van der Waals surface area contributed by atoms with E-state index in [0.29, 0.717) is 0 Å². The van der Waals surface area contributed by atoms with Crippen LogP contribution in [0.2, 0.25) is 5.02 Å². The number of nitrogens with zero attached hydrogens (tertiary/aromatic N) is 2. The molecular weight excluding hydrogens is 256 g/mol. The van der Waals surface area contributed by atoms with Crippen LogP contribution in [-0.2, 0) is 6.54 Å². The van der Waals surface area contributed by atoms with E-state index in [-0.39, 0.29) is 41.3 Å². The molecule has 86 valence electrons. The molecule has 4 nitrogen and oxygen atoms in total. The maximum atomic E-state index is 13.4. The Kier molecular flexibility index (Phi) is 4.23. The molecule has 0 atom stereocenters. The fourth-order valence-corrected chi connectivity index (χ4v) is 1.40. The molecular formula is C9H8Cl2FN3O. The first-order valence-corrected chi connectivity index (χ1v) is 4.57. The van der Waals surface area contributed by atoms with Crippen LogP contribution in [0.1, 0.15) is 5.89 Å². The van der Waals surface area contributed by atoms with Crippen molar-refractivity contribution in [2.24, 2.45) is 5.73 Å². The molecule has 2 N–H and O–H groups in total. The van der Waals surface area contributed by atoms with Gasteiger partial charge in [0.15, 0.2) is 0 Å². The quantitative estimate of drug-likeness (QED) is 0.904. The average Bonchev–Trinajstić information content (AvgIpc) is 2.66. The van der Waals surface area contributed by atoms with Gasteiger partial charge in [0.05, 0.1) is 17.1 Å². The van der Waals surface area contributed by atoms with E-state index >= 15 is 0 Å². The summed E-state index contributed by atoms with van der Waals surface area (Å²) in [4.78, 5) is 3.89. The lowest BCUT2D eigenvalue weighted by atomic mass is 10.2. The molecule has 0 bridgehead atoms. The van der Waals surface area contributed by atoms with Crippen LogP contribution < -0.4 is 5.73 Å². The van der Waals surface area contributed by atoms with Crippen molar-refractivity contribution in [3.05, 3.63) is 34.9 Å². The van der Waals surface area contributed by atoms with Crippen molar-refractivity contribution >= 4 is 24.0 Å².